The molecule has 0 N–H and O–H groups in total. The molecular formula is C19H40O2. The fourth-order valence-electron chi connectivity index (χ4n) is 2.80. The quantitative estimate of drug-likeness (QED) is 0.418. The Morgan fingerprint density at radius 2 is 0.714 bits per heavy atom. The number of rotatable bonds is 12. The van der Waals surface area contributed by atoms with Crippen LogP contribution in [0.15, 0.2) is 0 Å². The van der Waals surface area contributed by atoms with Crippen molar-refractivity contribution in [2.24, 2.45) is 23.7 Å². The van der Waals surface area contributed by atoms with E-state index in [4.69, 9.17) is 9.47 Å². The van der Waals surface area contributed by atoms with E-state index in [1.165, 1.54) is 0 Å². The topological polar surface area (TPSA) is 18.5 Å². The van der Waals surface area contributed by atoms with E-state index in [0.717, 1.165) is 25.7 Å². The predicted octanol–water partition coefficient (Wildman–Crippen LogP) is 5.90. The summed E-state index contributed by atoms with van der Waals surface area (Å²) in [6.45, 7) is 18.5. The van der Waals surface area contributed by atoms with Gasteiger partial charge in [0.15, 0.2) is 0 Å². The largest absolute Gasteiger partial charge is 0.352 e. The number of ether oxygens (including phenoxy) is 2. The van der Waals surface area contributed by atoms with E-state index >= 15 is 0 Å². The van der Waals surface area contributed by atoms with Crippen molar-refractivity contribution in [3.8, 4) is 0 Å². The van der Waals surface area contributed by atoms with Crippen LogP contribution in [0, 0.1) is 23.7 Å². The van der Waals surface area contributed by atoms with Crippen LogP contribution in [0.2, 0.25) is 0 Å². The Balaban J connectivity index is 4.21. The zero-order chi connectivity index (χ0) is 16.4. The standard InChI is InChI=1S/C19H40O2/c1-14(2)9-18(10-15(3)4)20-13-21-19(11-16(5)6)12-17(7)8/h14-19H,9-13H2,1-8H3. The number of hydrogen-bond donors (Lipinski definition) is 0. The smallest absolute Gasteiger partial charge is 0.147 e. The van der Waals surface area contributed by atoms with Crippen LogP contribution in [0.4, 0.5) is 0 Å². The molecule has 2 heteroatoms. The summed E-state index contributed by atoms with van der Waals surface area (Å²) in [4.78, 5) is 0. The van der Waals surface area contributed by atoms with E-state index in [9.17, 15) is 0 Å². The predicted molar refractivity (Wildman–Crippen MR) is 92.4 cm³/mol. The molecule has 0 bridgehead atoms. The summed E-state index contributed by atoms with van der Waals surface area (Å²) in [6.07, 6.45) is 5.18. The van der Waals surface area contributed by atoms with Crippen molar-refractivity contribution >= 4 is 0 Å². The maximum Gasteiger partial charge on any atom is 0.147 e. The average molecular weight is 301 g/mol. The molecule has 0 aliphatic carbocycles. The molecule has 0 saturated heterocycles. The molecule has 0 heterocycles. The second-order valence-electron chi connectivity index (χ2n) is 8.21. The molecule has 0 aliphatic heterocycles. The summed E-state index contributed by atoms with van der Waals surface area (Å²) in [6, 6.07) is 0. The molecule has 0 amide bonds. The Hall–Kier alpha value is -0.0800. The second kappa shape index (κ2) is 11.5. The SMILES string of the molecule is CC(C)CC(CC(C)C)OCOC(CC(C)C)CC(C)C. The van der Waals surface area contributed by atoms with E-state index in [1.807, 2.05) is 0 Å². The van der Waals surface area contributed by atoms with E-state index in [0.29, 0.717) is 42.7 Å². The van der Waals surface area contributed by atoms with Gasteiger partial charge in [-0.05, 0) is 49.4 Å². The Bertz CT molecular complexity index is 190. The first-order valence-electron chi connectivity index (χ1n) is 8.93. The third-order valence-corrected chi connectivity index (χ3v) is 3.54. The van der Waals surface area contributed by atoms with Crippen LogP contribution < -0.4 is 0 Å². The molecule has 0 aromatic heterocycles. The number of hydrogen-bond acceptors (Lipinski definition) is 2. The monoisotopic (exact) mass is 300 g/mol. The highest BCUT2D eigenvalue weighted by Gasteiger charge is 2.17. The Morgan fingerprint density at radius 1 is 0.476 bits per heavy atom. The summed E-state index contributed by atoms with van der Waals surface area (Å²) >= 11 is 0. The zero-order valence-corrected chi connectivity index (χ0v) is 15.8. The van der Waals surface area contributed by atoms with Crippen LogP contribution in [0.25, 0.3) is 0 Å². The second-order valence-corrected chi connectivity index (χ2v) is 8.21. The zero-order valence-electron chi connectivity index (χ0n) is 15.8. The van der Waals surface area contributed by atoms with Crippen molar-refractivity contribution in [2.75, 3.05) is 6.79 Å². The fraction of sp³-hybridized carbons (Fsp3) is 1.00. The molecule has 21 heavy (non-hydrogen) atoms. The van der Waals surface area contributed by atoms with Gasteiger partial charge < -0.3 is 9.47 Å². The molecule has 0 aliphatic rings. The minimum atomic E-state index is 0.337. The van der Waals surface area contributed by atoms with Gasteiger partial charge in [0.1, 0.15) is 6.79 Å². The molecule has 0 aromatic rings. The summed E-state index contributed by atoms with van der Waals surface area (Å²) in [7, 11) is 0. The van der Waals surface area contributed by atoms with E-state index in [1.54, 1.807) is 0 Å². The lowest BCUT2D eigenvalue weighted by molar-refractivity contribution is -0.132. The molecule has 0 radical (unpaired) electrons. The molecule has 2 nitrogen and oxygen atoms in total. The molecule has 0 fully saturated rings. The Morgan fingerprint density at radius 3 is 0.905 bits per heavy atom. The normalized spacial score (nSPS) is 12.9. The van der Waals surface area contributed by atoms with Gasteiger partial charge in [-0.15, -0.1) is 0 Å². The van der Waals surface area contributed by atoms with Gasteiger partial charge in [-0.1, -0.05) is 55.4 Å². The molecular weight excluding hydrogens is 260 g/mol. The van der Waals surface area contributed by atoms with Crippen LogP contribution in [-0.4, -0.2) is 19.0 Å². The Labute approximate surface area is 134 Å². The van der Waals surface area contributed by atoms with Crippen LogP contribution in [0.1, 0.15) is 81.1 Å². The van der Waals surface area contributed by atoms with Gasteiger partial charge in [-0.25, -0.2) is 0 Å². The van der Waals surface area contributed by atoms with Gasteiger partial charge in [0, 0.05) is 0 Å². The Kier molecular flexibility index (Phi) is 11.4. The van der Waals surface area contributed by atoms with Gasteiger partial charge in [-0.2, -0.15) is 0 Å². The fourth-order valence-corrected chi connectivity index (χ4v) is 2.80. The lowest BCUT2D eigenvalue weighted by Gasteiger charge is -2.25. The third kappa shape index (κ3) is 13.3. The van der Waals surface area contributed by atoms with Crippen molar-refractivity contribution in [1.82, 2.24) is 0 Å². The van der Waals surface area contributed by atoms with E-state index < -0.39 is 0 Å². The minimum Gasteiger partial charge on any atom is -0.352 e. The van der Waals surface area contributed by atoms with Gasteiger partial charge in [0.05, 0.1) is 12.2 Å². The van der Waals surface area contributed by atoms with E-state index in [-0.39, 0.29) is 0 Å². The lowest BCUT2D eigenvalue weighted by atomic mass is 9.98. The summed E-state index contributed by atoms with van der Waals surface area (Å²) in [5.74, 6) is 2.71. The van der Waals surface area contributed by atoms with Crippen molar-refractivity contribution in [3.05, 3.63) is 0 Å². The van der Waals surface area contributed by atoms with Gasteiger partial charge in [0.25, 0.3) is 0 Å². The highest BCUT2D eigenvalue weighted by molar-refractivity contribution is 4.65. The van der Waals surface area contributed by atoms with Gasteiger partial charge in [-0.3, -0.25) is 0 Å². The summed E-state index contributed by atoms with van der Waals surface area (Å²) in [5.41, 5.74) is 0. The van der Waals surface area contributed by atoms with Gasteiger partial charge in [0.2, 0.25) is 0 Å². The van der Waals surface area contributed by atoms with Crippen molar-refractivity contribution in [3.63, 3.8) is 0 Å². The molecule has 0 saturated carbocycles. The maximum atomic E-state index is 6.04. The molecule has 0 spiro atoms. The lowest BCUT2D eigenvalue weighted by Crippen LogP contribution is -2.24. The van der Waals surface area contributed by atoms with Crippen LogP contribution in [-0.2, 0) is 9.47 Å². The minimum absolute atomic E-state index is 0.337. The van der Waals surface area contributed by atoms with Crippen LogP contribution in [0.3, 0.4) is 0 Å². The van der Waals surface area contributed by atoms with Crippen molar-refractivity contribution in [2.45, 2.75) is 93.3 Å². The first-order valence-corrected chi connectivity index (χ1v) is 8.93. The van der Waals surface area contributed by atoms with E-state index in [2.05, 4.69) is 55.4 Å². The molecule has 0 unspecified atom stereocenters. The van der Waals surface area contributed by atoms with Gasteiger partial charge >= 0.3 is 0 Å². The highest BCUT2D eigenvalue weighted by Crippen LogP contribution is 2.19. The molecule has 0 atom stereocenters. The third-order valence-electron chi connectivity index (χ3n) is 3.54. The molecule has 0 aromatic carbocycles. The summed E-state index contributed by atoms with van der Waals surface area (Å²) in [5, 5.41) is 0. The van der Waals surface area contributed by atoms with Crippen LogP contribution in [0.5, 0.6) is 0 Å². The maximum absolute atomic E-state index is 6.04. The first kappa shape index (κ1) is 20.9. The highest BCUT2D eigenvalue weighted by atomic mass is 16.7. The van der Waals surface area contributed by atoms with Crippen molar-refractivity contribution in [1.29, 1.82) is 0 Å². The molecule has 128 valence electrons. The summed E-state index contributed by atoms with van der Waals surface area (Å²) < 4.78 is 12.1. The van der Waals surface area contributed by atoms with Crippen molar-refractivity contribution < 1.29 is 9.47 Å². The molecule has 0 rings (SSSR count). The average Bonchev–Trinajstić information content (AvgIpc) is 2.24. The van der Waals surface area contributed by atoms with Crippen LogP contribution >= 0.6 is 0 Å². The first-order chi connectivity index (χ1) is 9.70.